The maximum Gasteiger partial charge on any atom is 0.173 e. The van der Waals surface area contributed by atoms with Crippen LogP contribution in [0.3, 0.4) is 0 Å². The fraction of sp³-hybridized carbons (Fsp3) is 0.0714. The molecule has 0 fully saturated rings. The monoisotopic (exact) mass is 344 g/mol. The molecule has 0 spiro atoms. The molecule has 0 unspecified atom stereocenters. The smallest absolute Gasteiger partial charge is 0.173 e. The Morgan fingerprint density at radius 3 is 2.67 bits per heavy atom. The molecule has 0 aliphatic heterocycles. The minimum atomic E-state index is -0.0705. The van der Waals surface area contributed by atoms with Crippen LogP contribution in [0.4, 0.5) is 0 Å². The minimum Gasteiger partial charge on any atom is -0.488 e. The Hall–Kier alpha value is -1.62. The van der Waals surface area contributed by atoms with Gasteiger partial charge < -0.3 is 15.7 Å². The number of hydrogen-bond donors (Lipinski definition) is 2. The van der Waals surface area contributed by atoms with Gasteiger partial charge in [-0.2, -0.15) is 0 Å². The van der Waals surface area contributed by atoms with Gasteiger partial charge in [0, 0.05) is 10.6 Å². The summed E-state index contributed by atoms with van der Waals surface area (Å²) in [5.74, 6) is 0.313. The van der Waals surface area contributed by atoms with Gasteiger partial charge in [-0.25, -0.2) is 0 Å². The third-order valence-electron chi connectivity index (χ3n) is 2.74. The maximum atomic E-state index is 8.78. The number of oxime groups is 1. The molecule has 3 N–H and O–H groups in total. The number of ether oxygens (including phenoxy) is 1. The summed E-state index contributed by atoms with van der Waals surface area (Å²) >= 11 is 18.0. The normalized spacial score (nSPS) is 11.5. The van der Waals surface area contributed by atoms with Gasteiger partial charge in [0.05, 0.1) is 15.6 Å². The number of halogens is 3. The fourth-order valence-electron chi connectivity index (χ4n) is 1.70. The highest BCUT2D eigenvalue weighted by Gasteiger charge is 2.11. The van der Waals surface area contributed by atoms with Crippen LogP contribution in [0.1, 0.15) is 11.1 Å². The van der Waals surface area contributed by atoms with E-state index in [9.17, 15) is 0 Å². The van der Waals surface area contributed by atoms with Crippen LogP contribution in [-0.2, 0) is 6.61 Å². The van der Waals surface area contributed by atoms with Crippen molar-refractivity contribution in [2.45, 2.75) is 6.61 Å². The van der Waals surface area contributed by atoms with Gasteiger partial charge in [-0.15, -0.1) is 0 Å². The molecule has 4 nitrogen and oxygen atoms in total. The Kier molecular flexibility index (Phi) is 5.17. The Bertz CT molecular complexity index is 690. The van der Waals surface area contributed by atoms with Crippen LogP contribution in [0.5, 0.6) is 5.75 Å². The molecule has 110 valence electrons. The predicted octanol–water partition coefficient (Wildman–Crippen LogP) is 4.32. The number of hydrogen-bond acceptors (Lipinski definition) is 3. The van der Waals surface area contributed by atoms with Crippen LogP contribution in [0, 0.1) is 0 Å². The Balaban J connectivity index is 2.27. The van der Waals surface area contributed by atoms with E-state index in [4.69, 9.17) is 50.5 Å². The first-order valence-corrected chi connectivity index (χ1v) is 6.99. The van der Waals surface area contributed by atoms with Gasteiger partial charge in [-0.3, -0.25) is 0 Å². The van der Waals surface area contributed by atoms with E-state index >= 15 is 0 Å². The van der Waals surface area contributed by atoms with Gasteiger partial charge in [-0.1, -0.05) is 52.1 Å². The van der Waals surface area contributed by atoms with E-state index in [1.165, 1.54) is 0 Å². The van der Waals surface area contributed by atoms with Gasteiger partial charge in [0.1, 0.15) is 12.4 Å². The Morgan fingerprint density at radius 2 is 1.95 bits per heavy atom. The number of nitrogens with two attached hydrogens (primary N) is 1. The summed E-state index contributed by atoms with van der Waals surface area (Å²) in [6, 6.07) is 10.1. The van der Waals surface area contributed by atoms with E-state index in [0.29, 0.717) is 26.4 Å². The highest BCUT2D eigenvalue weighted by molar-refractivity contribution is 6.42. The van der Waals surface area contributed by atoms with E-state index in [2.05, 4.69) is 5.16 Å². The van der Waals surface area contributed by atoms with Crippen molar-refractivity contribution >= 4 is 40.6 Å². The van der Waals surface area contributed by atoms with Crippen molar-refractivity contribution in [1.82, 2.24) is 0 Å². The quantitative estimate of drug-likeness (QED) is 0.375. The highest BCUT2D eigenvalue weighted by atomic mass is 35.5. The number of benzene rings is 2. The standard InChI is InChI=1S/C14H11Cl3N2O2/c15-9-4-5-10(14(18)19-20)12(6-9)21-7-8-2-1-3-11(16)13(8)17/h1-6,20H,7H2,(H2,18,19). The SMILES string of the molecule is N/C(=N/O)c1ccc(Cl)cc1OCc1cccc(Cl)c1Cl. The lowest BCUT2D eigenvalue weighted by atomic mass is 10.2. The van der Waals surface area contributed by atoms with Gasteiger partial charge >= 0.3 is 0 Å². The molecular weight excluding hydrogens is 335 g/mol. The fourth-order valence-corrected chi connectivity index (χ4v) is 2.23. The van der Waals surface area contributed by atoms with Crippen molar-refractivity contribution in [3.8, 4) is 5.75 Å². The van der Waals surface area contributed by atoms with Gasteiger partial charge in [0.2, 0.25) is 0 Å². The van der Waals surface area contributed by atoms with Crippen molar-refractivity contribution in [2.24, 2.45) is 10.9 Å². The molecule has 2 aromatic carbocycles. The predicted molar refractivity (Wildman–Crippen MR) is 84.8 cm³/mol. The molecular formula is C14H11Cl3N2O2. The average molecular weight is 346 g/mol. The Morgan fingerprint density at radius 1 is 1.19 bits per heavy atom. The average Bonchev–Trinajstić information content (AvgIpc) is 2.48. The van der Waals surface area contributed by atoms with Crippen LogP contribution >= 0.6 is 34.8 Å². The third kappa shape index (κ3) is 3.73. The zero-order valence-electron chi connectivity index (χ0n) is 10.7. The lowest BCUT2D eigenvalue weighted by Crippen LogP contribution is -2.14. The molecule has 0 aromatic heterocycles. The van der Waals surface area contributed by atoms with Gasteiger partial charge in [0.15, 0.2) is 5.84 Å². The molecule has 0 saturated carbocycles. The zero-order chi connectivity index (χ0) is 15.4. The van der Waals surface area contributed by atoms with E-state index < -0.39 is 0 Å². The largest absolute Gasteiger partial charge is 0.488 e. The number of rotatable bonds is 4. The molecule has 0 heterocycles. The summed E-state index contributed by atoms with van der Waals surface area (Å²) in [5, 5.41) is 13.1. The van der Waals surface area contributed by atoms with E-state index in [0.717, 1.165) is 5.56 Å². The minimum absolute atomic E-state index is 0.0705. The van der Waals surface area contributed by atoms with E-state index in [1.54, 1.807) is 36.4 Å². The van der Waals surface area contributed by atoms with Crippen LogP contribution in [0.15, 0.2) is 41.6 Å². The first kappa shape index (κ1) is 15.8. The molecule has 0 atom stereocenters. The van der Waals surface area contributed by atoms with E-state index in [-0.39, 0.29) is 12.4 Å². The summed E-state index contributed by atoms with van der Waals surface area (Å²) in [6.45, 7) is 0.172. The molecule has 0 aliphatic carbocycles. The second-order valence-electron chi connectivity index (χ2n) is 4.13. The molecule has 0 bridgehead atoms. The molecule has 0 aliphatic rings. The van der Waals surface area contributed by atoms with Crippen LogP contribution in [0.2, 0.25) is 15.1 Å². The summed E-state index contributed by atoms with van der Waals surface area (Å²) in [5.41, 5.74) is 6.75. The first-order chi connectivity index (χ1) is 10.0. The third-order valence-corrected chi connectivity index (χ3v) is 3.84. The number of nitrogens with zero attached hydrogens (tertiary/aromatic N) is 1. The Labute approximate surface area is 136 Å². The molecule has 7 heteroatoms. The topological polar surface area (TPSA) is 67.8 Å². The van der Waals surface area contributed by atoms with Gasteiger partial charge in [-0.05, 0) is 24.3 Å². The second kappa shape index (κ2) is 6.89. The maximum absolute atomic E-state index is 8.78. The van der Waals surface area contributed by atoms with Crippen molar-refractivity contribution in [3.63, 3.8) is 0 Å². The first-order valence-electron chi connectivity index (χ1n) is 5.86. The summed E-state index contributed by atoms with van der Waals surface area (Å²) in [4.78, 5) is 0. The van der Waals surface area contributed by atoms with Crippen molar-refractivity contribution in [2.75, 3.05) is 0 Å². The van der Waals surface area contributed by atoms with Gasteiger partial charge in [0.25, 0.3) is 0 Å². The highest BCUT2D eigenvalue weighted by Crippen LogP contribution is 2.28. The lowest BCUT2D eigenvalue weighted by molar-refractivity contribution is 0.303. The van der Waals surface area contributed by atoms with Crippen molar-refractivity contribution in [3.05, 3.63) is 62.6 Å². The van der Waals surface area contributed by atoms with Crippen molar-refractivity contribution < 1.29 is 9.94 Å². The van der Waals surface area contributed by atoms with E-state index in [1.807, 2.05) is 0 Å². The summed E-state index contributed by atoms with van der Waals surface area (Å²) in [7, 11) is 0. The summed E-state index contributed by atoms with van der Waals surface area (Å²) < 4.78 is 5.66. The molecule has 0 amide bonds. The number of amidine groups is 1. The second-order valence-corrected chi connectivity index (χ2v) is 5.35. The summed E-state index contributed by atoms with van der Waals surface area (Å²) in [6.07, 6.45) is 0. The lowest BCUT2D eigenvalue weighted by Gasteiger charge is -2.12. The molecule has 0 radical (unpaired) electrons. The molecule has 0 saturated heterocycles. The van der Waals surface area contributed by atoms with Crippen LogP contribution in [0.25, 0.3) is 0 Å². The molecule has 2 aromatic rings. The van der Waals surface area contributed by atoms with Crippen molar-refractivity contribution in [1.29, 1.82) is 0 Å². The van der Waals surface area contributed by atoms with Crippen LogP contribution in [-0.4, -0.2) is 11.0 Å². The molecule has 21 heavy (non-hydrogen) atoms. The zero-order valence-corrected chi connectivity index (χ0v) is 13.0. The van der Waals surface area contributed by atoms with Crippen LogP contribution < -0.4 is 10.5 Å². The molecule has 2 rings (SSSR count).